The maximum atomic E-state index is 13.9. The van der Waals surface area contributed by atoms with E-state index in [1.54, 1.807) is 28.1 Å². The third kappa shape index (κ3) is 8.42. The monoisotopic (exact) mass is 804 g/mol. The molecule has 0 saturated carbocycles. The number of hydrogen-bond donors (Lipinski definition) is 4. The largest absolute Gasteiger partial charge is 0.453 e. The predicted molar refractivity (Wildman–Crippen MR) is 223 cm³/mol. The van der Waals surface area contributed by atoms with Crippen LogP contribution in [-0.4, -0.2) is 81.0 Å². The molecule has 0 aliphatic carbocycles. The molecule has 4 atom stereocenters. The fourth-order valence-corrected chi connectivity index (χ4v) is 8.00. The lowest BCUT2D eigenvalue weighted by Crippen LogP contribution is -2.42. The first kappa shape index (κ1) is 39.4. The minimum absolute atomic E-state index is 0.220. The number of ether oxygens (including phenoxy) is 2. The Bertz CT molecular complexity index is 2560. The van der Waals surface area contributed by atoms with Gasteiger partial charge < -0.3 is 39.9 Å². The normalized spacial score (nSPS) is 17.0. The molecule has 304 valence electrons. The van der Waals surface area contributed by atoms with Gasteiger partial charge in [0.25, 0.3) is 11.8 Å². The van der Waals surface area contributed by atoms with Gasteiger partial charge in [0.05, 0.1) is 43.5 Å². The number of imidazole rings is 2. The lowest BCUT2D eigenvalue weighted by atomic mass is 10.0. The molecule has 2 aliphatic rings. The van der Waals surface area contributed by atoms with Crippen LogP contribution in [0.5, 0.6) is 0 Å². The Labute approximate surface area is 346 Å². The second-order valence-electron chi connectivity index (χ2n) is 14.7. The Kier molecular flexibility index (Phi) is 11.6. The predicted octanol–water partition coefficient (Wildman–Crippen LogP) is 6.87. The smallest absolute Gasteiger partial charge is 0.407 e. The lowest BCUT2D eigenvalue weighted by Gasteiger charge is -2.28. The van der Waals surface area contributed by atoms with Crippen LogP contribution in [0.4, 0.5) is 9.59 Å². The summed E-state index contributed by atoms with van der Waals surface area (Å²) in [6.45, 7) is 1.08. The number of benzene rings is 4. The van der Waals surface area contributed by atoms with E-state index >= 15 is 0 Å². The van der Waals surface area contributed by atoms with Gasteiger partial charge in [-0.1, -0.05) is 84.8 Å². The number of H-pyrrole nitrogens is 2. The van der Waals surface area contributed by atoms with Gasteiger partial charge in [-0.2, -0.15) is 0 Å². The molecular formula is C46H44N8O6. The molecule has 4 amide bonds. The van der Waals surface area contributed by atoms with Crippen molar-refractivity contribution in [2.75, 3.05) is 27.3 Å². The van der Waals surface area contributed by atoms with Gasteiger partial charge in [0.1, 0.15) is 29.4 Å². The van der Waals surface area contributed by atoms with E-state index in [0.717, 1.165) is 53.4 Å². The number of aromatic nitrogens is 4. The third-order valence-electron chi connectivity index (χ3n) is 11.0. The van der Waals surface area contributed by atoms with Gasteiger partial charge in [0.15, 0.2) is 0 Å². The third-order valence-corrected chi connectivity index (χ3v) is 11.0. The first-order valence-corrected chi connectivity index (χ1v) is 19.9. The molecular weight excluding hydrogens is 761 g/mol. The first-order chi connectivity index (χ1) is 29.3. The summed E-state index contributed by atoms with van der Waals surface area (Å²) in [4.78, 5) is 72.0. The van der Waals surface area contributed by atoms with E-state index in [2.05, 4.69) is 43.5 Å². The zero-order valence-corrected chi connectivity index (χ0v) is 33.2. The van der Waals surface area contributed by atoms with Crippen LogP contribution in [0.15, 0.2) is 109 Å². The van der Waals surface area contributed by atoms with Crippen LogP contribution in [-0.2, 0) is 19.1 Å². The van der Waals surface area contributed by atoms with Crippen LogP contribution in [0, 0.1) is 11.8 Å². The topological polar surface area (TPSA) is 175 Å². The van der Waals surface area contributed by atoms with Gasteiger partial charge in [-0.25, -0.2) is 19.6 Å². The summed E-state index contributed by atoms with van der Waals surface area (Å²) >= 11 is 0. The Hall–Kier alpha value is -7.40. The molecule has 2 aromatic heterocycles. The van der Waals surface area contributed by atoms with E-state index in [1.165, 1.54) is 14.2 Å². The highest BCUT2D eigenvalue weighted by atomic mass is 16.5. The van der Waals surface area contributed by atoms with Crippen LogP contribution in [0.2, 0.25) is 0 Å². The van der Waals surface area contributed by atoms with E-state index in [0.29, 0.717) is 41.6 Å². The zero-order valence-electron chi connectivity index (χ0n) is 33.2. The van der Waals surface area contributed by atoms with Crippen molar-refractivity contribution in [1.29, 1.82) is 0 Å². The summed E-state index contributed by atoms with van der Waals surface area (Å²) < 4.78 is 9.64. The SMILES string of the molecule is COC(=O)NC(C(=O)N1CCCC1c1ncc(C#Cc2ccc(-c3ccc4nc(C5CCCN5C(=O)C(NC(=O)OC)c5ccccc5)[nH]c4c3)cc2)[nH]1)c1ccccc1. The number of methoxy groups -OCH3 is 2. The Morgan fingerprint density at radius 3 is 1.80 bits per heavy atom. The molecule has 0 radical (unpaired) electrons. The van der Waals surface area contributed by atoms with Gasteiger partial charge >= 0.3 is 12.2 Å². The van der Waals surface area contributed by atoms with E-state index in [1.807, 2.05) is 84.9 Å². The first-order valence-electron chi connectivity index (χ1n) is 19.9. The standard InChI is InChI=1S/C46H44N8O6/c1-59-45(57)51-39(31-11-5-3-6-12-31)43(55)53-25-9-15-37(53)41-47-28-34(48-41)23-19-29-17-20-30(21-18-29)33-22-24-35-36(27-33)50-42(49-35)38-16-10-26-54(38)44(56)40(52-46(58)60-2)32-13-7-4-8-14-32/h3-8,11-14,17-18,20-22,24,27-28,37-40H,9-10,15-16,25-26H2,1-2H3,(H,47,48)(H,49,50)(H,51,57)(H,52,58). The average Bonchev–Trinajstić information content (AvgIpc) is 4.13. The highest BCUT2D eigenvalue weighted by Crippen LogP contribution is 2.36. The quantitative estimate of drug-likeness (QED) is 0.115. The van der Waals surface area contributed by atoms with Crippen LogP contribution >= 0.6 is 0 Å². The summed E-state index contributed by atoms with van der Waals surface area (Å²) in [5, 5.41) is 5.41. The van der Waals surface area contributed by atoms with E-state index in [4.69, 9.17) is 14.5 Å². The molecule has 4 heterocycles. The van der Waals surface area contributed by atoms with Crippen molar-refractivity contribution in [3.05, 3.63) is 143 Å². The van der Waals surface area contributed by atoms with Crippen molar-refractivity contribution >= 4 is 35.0 Å². The number of likely N-dealkylation sites (tertiary alicyclic amines) is 2. The summed E-state index contributed by atoms with van der Waals surface area (Å²) in [6, 6.07) is 29.9. The molecule has 8 rings (SSSR count). The summed E-state index contributed by atoms with van der Waals surface area (Å²) in [6.07, 6.45) is 3.39. The van der Waals surface area contributed by atoms with E-state index in [-0.39, 0.29) is 23.9 Å². The Morgan fingerprint density at radius 2 is 1.23 bits per heavy atom. The van der Waals surface area contributed by atoms with Crippen molar-refractivity contribution in [1.82, 2.24) is 40.4 Å². The number of hydrogen-bond acceptors (Lipinski definition) is 8. The molecule has 2 aliphatic heterocycles. The lowest BCUT2D eigenvalue weighted by molar-refractivity contribution is -0.135. The van der Waals surface area contributed by atoms with Crippen molar-refractivity contribution in [2.24, 2.45) is 0 Å². The minimum atomic E-state index is -0.895. The average molecular weight is 805 g/mol. The summed E-state index contributed by atoms with van der Waals surface area (Å²) in [5.74, 6) is 7.27. The molecule has 0 bridgehead atoms. The van der Waals surface area contributed by atoms with Crippen molar-refractivity contribution in [2.45, 2.75) is 49.9 Å². The number of alkyl carbamates (subject to hydrolysis) is 2. The maximum absolute atomic E-state index is 13.9. The van der Waals surface area contributed by atoms with Gasteiger partial charge in [-0.05, 0) is 78.1 Å². The zero-order chi connectivity index (χ0) is 41.6. The number of nitrogens with one attached hydrogen (secondary N) is 4. The molecule has 14 heteroatoms. The second kappa shape index (κ2) is 17.6. The van der Waals surface area contributed by atoms with Gasteiger partial charge in [-0.3, -0.25) is 9.59 Å². The minimum Gasteiger partial charge on any atom is -0.453 e. The fourth-order valence-electron chi connectivity index (χ4n) is 8.00. The molecule has 2 fully saturated rings. The van der Waals surface area contributed by atoms with E-state index < -0.39 is 24.3 Å². The molecule has 6 aromatic rings. The summed E-state index contributed by atoms with van der Waals surface area (Å²) in [7, 11) is 2.55. The molecule has 4 unspecified atom stereocenters. The molecule has 60 heavy (non-hydrogen) atoms. The Balaban J connectivity index is 0.942. The highest BCUT2D eigenvalue weighted by molar-refractivity contribution is 5.88. The molecule has 0 spiro atoms. The maximum Gasteiger partial charge on any atom is 0.407 e. The van der Waals surface area contributed by atoms with Gasteiger partial charge in [0.2, 0.25) is 0 Å². The number of carbonyl (C=O) groups excluding carboxylic acids is 4. The highest BCUT2D eigenvalue weighted by Gasteiger charge is 2.38. The van der Waals surface area contributed by atoms with Crippen LogP contribution < -0.4 is 10.6 Å². The number of amides is 4. The number of fused-ring (bicyclic) bond motifs is 1. The molecule has 2 saturated heterocycles. The second-order valence-corrected chi connectivity index (χ2v) is 14.7. The Morgan fingerprint density at radius 1 is 0.683 bits per heavy atom. The van der Waals surface area contributed by atoms with Crippen molar-refractivity contribution in [3.8, 4) is 23.0 Å². The molecule has 4 aromatic carbocycles. The molecule has 14 nitrogen and oxygen atoms in total. The summed E-state index contributed by atoms with van der Waals surface area (Å²) in [5.41, 5.74) is 6.42. The molecule has 4 N–H and O–H groups in total. The number of carbonyl (C=O) groups is 4. The van der Waals surface area contributed by atoms with E-state index in [9.17, 15) is 19.2 Å². The number of aromatic amines is 2. The van der Waals surface area contributed by atoms with Crippen molar-refractivity contribution < 1.29 is 28.7 Å². The van der Waals surface area contributed by atoms with Gasteiger partial charge in [-0.15, -0.1) is 0 Å². The van der Waals surface area contributed by atoms with Crippen LogP contribution in [0.1, 0.15) is 83.9 Å². The van der Waals surface area contributed by atoms with Crippen LogP contribution in [0.3, 0.4) is 0 Å². The number of nitrogens with zero attached hydrogens (tertiary/aromatic N) is 4. The van der Waals surface area contributed by atoms with Crippen molar-refractivity contribution in [3.63, 3.8) is 0 Å². The fraction of sp³-hybridized carbons (Fsp3) is 0.261. The van der Waals surface area contributed by atoms with Crippen LogP contribution in [0.25, 0.3) is 22.2 Å². The number of rotatable bonds is 9. The van der Waals surface area contributed by atoms with Gasteiger partial charge in [0, 0.05) is 18.7 Å².